The van der Waals surface area contributed by atoms with Gasteiger partial charge in [0, 0.05) is 25.4 Å². The number of hydrogen-bond donors (Lipinski definition) is 3. The third-order valence-electron chi connectivity index (χ3n) is 3.46. The molecule has 0 spiro atoms. The summed E-state index contributed by atoms with van der Waals surface area (Å²) in [5.41, 5.74) is 3.29. The van der Waals surface area contributed by atoms with Crippen LogP contribution in [0.15, 0.2) is 18.2 Å². The Morgan fingerprint density at radius 1 is 1.10 bits per heavy atom. The molecule has 0 aliphatic heterocycles. The van der Waals surface area contributed by atoms with E-state index in [1.54, 1.807) is 0 Å². The summed E-state index contributed by atoms with van der Waals surface area (Å²) in [5.74, 6) is 0. The van der Waals surface area contributed by atoms with Gasteiger partial charge in [0.2, 0.25) is 0 Å². The van der Waals surface area contributed by atoms with E-state index in [0.717, 1.165) is 18.5 Å². The van der Waals surface area contributed by atoms with Crippen LogP contribution in [0.3, 0.4) is 0 Å². The summed E-state index contributed by atoms with van der Waals surface area (Å²) < 4.78 is 0. The minimum Gasteiger partial charge on any atom is -0.396 e. The van der Waals surface area contributed by atoms with Gasteiger partial charge in [-0.1, -0.05) is 19.9 Å². The molecule has 5 nitrogen and oxygen atoms in total. The molecule has 0 saturated carbocycles. The molecule has 0 atom stereocenters. The van der Waals surface area contributed by atoms with Crippen LogP contribution >= 0.6 is 0 Å². The van der Waals surface area contributed by atoms with Crippen molar-refractivity contribution in [3.8, 4) is 0 Å². The standard InChI is InChI=1S/C16H26N2O3/c1-3-13-6-7-15(12-14(13)4-2)17-16(21)18(9-11-20)8-5-10-19/h6-7,12,19-20H,3-5,8-11H2,1-2H3,(H,17,21). The van der Waals surface area contributed by atoms with Crippen molar-refractivity contribution in [1.29, 1.82) is 0 Å². The van der Waals surface area contributed by atoms with E-state index in [1.165, 1.54) is 16.0 Å². The van der Waals surface area contributed by atoms with Gasteiger partial charge in [-0.3, -0.25) is 0 Å². The Balaban J connectivity index is 2.75. The number of nitrogens with one attached hydrogen (secondary N) is 1. The van der Waals surface area contributed by atoms with Gasteiger partial charge in [0.25, 0.3) is 0 Å². The molecule has 0 heterocycles. The van der Waals surface area contributed by atoms with Gasteiger partial charge < -0.3 is 20.4 Å². The van der Waals surface area contributed by atoms with E-state index in [9.17, 15) is 4.79 Å². The van der Waals surface area contributed by atoms with Crippen LogP contribution in [0.25, 0.3) is 0 Å². The molecule has 0 aliphatic carbocycles. The van der Waals surface area contributed by atoms with Crippen LogP contribution in [-0.2, 0) is 12.8 Å². The van der Waals surface area contributed by atoms with Gasteiger partial charge in [-0.2, -0.15) is 0 Å². The number of amides is 2. The molecule has 2 amide bonds. The average Bonchev–Trinajstić information content (AvgIpc) is 2.51. The van der Waals surface area contributed by atoms with Gasteiger partial charge in [-0.25, -0.2) is 4.79 Å². The molecular weight excluding hydrogens is 268 g/mol. The SMILES string of the molecule is CCc1ccc(NC(=O)N(CCO)CCCO)cc1CC. The Kier molecular flexibility index (Phi) is 7.79. The van der Waals surface area contributed by atoms with Crippen molar-refractivity contribution in [2.24, 2.45) is 0 Å². The number of rotatable bonds is 8. The first-order chi connectivity index (χ1) is 10.2. The van der Waals surface area contributed by atoms with E-state index in [4.69, 9.17) is 10.2 Å². The summed E-state index contributed by atoms with van der Waals surface area (Å²) in [6.07, 6.45) is 2.41. The fourth-order valence-electron chi connectivity index (χ4n) is 2.28. The number of anilines is 1. The third kappa shape index (κ3) is 5.36. The molecule has 0 saturated heterocycles. The second-order valence-corrected chi connectivity index (χ2v) is 4.91. The second-order valence-electron chi connectivity index (χ2n) is 4.91. The molecule has 5 heteroatoms. The lowest BCUT2D eigenvalue weighted by Crippen LogP contribution is -2.38. The van der Waals surface area contributed by atoms with Gasteiger partial charge in [-0.05, 0) is 42.5 Å². The fourth-order valence-corrected chi connectivity index (χ4v) is 2.28. The highest BCUT2D eigenvalue weighted by Gasteiger charge is 2.13. The average molecular weight is 294 g/mol. The first-order valence-corrected chi connectivity index (χ1v) is 7.55. The molecule has 1 rings (SSSR count). The number of carbonyl (C=O) groups excluding carboxylic acids is 1. The van der Waals surface area contributed by atoms with Crippen molar-refractivity contribution in [3.05, 3.63) is 29.3 Å². The van der Waals surface area contributed by atoms with Crippen molar-refractivity contribution in [2.75, 3.05) is 31.6 Å². The summed E-state index contributed by atoms with van der Waals surface area (Å²) in [6.45, 7) is 4.84. The fraction of sp³-hybridized carbons (Fsp3) is 0.562. The van der Waals surface area contributed by atoms with Gasteiger partial charge >= 0.3 is 6.03 Å². The molecule has 0 aromatic heterocycles. The maximum absolute atomic E-state index is 12.2. The number of aliphatic hydroxyl groups excluding tert-OH is 2. The molecule has 1 aromatic carbocycles. The van der Waals surface area contributed by atoms with Crippen LogP contribution in [-0.4, -0.2) is 47.4 Å². The minimum absolute atomic E-state index is 0.0282. The number of aryl methyl sites for hydroxylation is 2. The maximum Gasteiger partial charge on any atom is 0.321 e. The zero-order valence-electron chi connectivity index (χ0n) is 12.9. The van der Waals surface area contributed by atoms with E-state index >= 15 is 0 Å². The lowest BCUT2D eigenvalue weighted by molar-refractivity contribution is 0.180. The number of hydrogen-bond acceptors (Lipinski definition) is 3. The summed E-state index contributed by atoms with van der Waals surface area (Å²) in [7, 11) is 0. The summed E-state index contributed by atoms with van der Waals surface area (Å²) >= 11 is 0. The highest BCUT2D eigenvalue weighted by Crippen LogP contribution is 2.17. The maximum atomic E-state index is 12.2. The second kappa shape index (κ2) is 9.37. The number of nitrogens with zero attached hydrogens (tertiary/aromatic N) is 1. The number of benzene rings is 1. The third-order valence-corrected chi connectivity index (χ3v) is 3.46. The van der Waals surface area contributed by atoms with Crippen LogP contribution < -0.4 is 5.32 Å². The monoisotopic (exact) mass is 294 g/mol. The number of aliphatic hydroxyl groups is 2. The van der Waals surface area contributed by atoms with E-state index in [1.807, 2.05) is 18.2 Å². The predicted octanol–water partition coefficient (Wildman–Crippen LogP) is 2.02. The van der Waals surface area contributed by atoms with Crippen LogP contribution in [0.2, 0.25) is 0 Å². The normalized spacial score (nSPS) is 10.5. The molecule has 0 unspecified atom stereocenters. The number of urea groups is 1. The Morgan fingerprint density at radius 2 is 1.81 bits per heavy atom. The molecule has 0 bridgehead atoms. The lowest BCUT2D eigenvalue weighted by Gasteiger charge is -2.22. The van der Waals surface area contributed by atoms with Crippen LogP contribution in [0, 0.1) is 0 Å². The molecule has 0 fully saturated rings. The van der Waals surface area contributed by atoms with Gasteiger partial charge in [0.05, 0.1) is 6.61 Å². The highest BCUT2D eigenvalue weighted by molar-refractivity contribution is 5.89. The molecule has 21 heavy (non-hydrogen) atoms. The van der Waals surface area contributed by atoms with E-state index in [2.05, 4.69) is 19.2 Å². The first kappa shape index (κ1) is 17.5. The molecule has 0 radical (unpaired) electrons. The highest BCUT2D eigenvalue weighted by atomic mass is 16.3. The molecule has 0 aliphatic rings. The van der Waals surface area contributed by atoms with E-state index in [-0.39, 0.29) is 25.8 Å². The zero-order chi connectivity index (χ0) is 15.7. The predicted molar refractivity (Wildman–Crippen MR) is 84.6 cm³/mol. The Bertz CT molecular complexity index is 449. The Hall–Kier alpha value is -1.59. The molecule has 118 valence electrons. The van der Waals surface area contributed by atoms with Gasteiger partial charge in [0.1, 0.15) is 0 Å². The van der Waals surface area contributed by atoms with Crippen LogP contribution in [0.4, 0.5) is 10.5 Å². The topological polar surface area (TPSA) is 72.8 Å². The van der Waals surface area contributed by atoms with Crippen molar-refractivity contribution in [3.63, 3.8) is 0 Å². The van der Waals surface area contributed by atoms with Gasteiger partial charge in [0.15, 0.2) is 0 Å². The zero-order valence-corrected chi connectivity index (χ0v) is 12.9. The summed E-state index contributed by atoms with van der Waals surface area (Å²) in [5, 5.41) is 20.7. The van der Waals surface area contributed by atoms with Crippen molar-refractivity contribution < 1.29 is 15.0 Å². The van der Waals surface area contributed by atoms with Crippen molar-refractivity contribution in [1.82, 2.24) is 4.90 Å². The Labute approximate surface area is 126 Å². The summed E-state index contributed by atoms with van der Waals surface area (Å²) in [4.78, 5) is 13.7. The summed E-state index contributed by atoms with van der Waals surface area (Å²) in [6, 6.07) is 5.70. The Morgan fingerprint density at radius 3 is 2.38 bits per heavy atom. The molecule has 1 aromatic rings. The molecule has 3 N–H and O–H groups in total. The quantitative estimate of drug-likeness (QED) is 0.687. The molecular formula is C16H26N2O3. The minimum atomic E-state index is -0.246. The van der Waals surface area contributed by atoms with Crippen molar-refractivity contribution >= 4 is 11.7 Å². The van der Waals surface area contributed by atoms with Crippen LogP contribution in [0.1, 0.15) is 31.4 Å². The largest absolute Gasteiger partial charge is 0.396 e. The lowest BCUT2D eigenvalue weighted by atomic mass is 10.0. The van der Waals surface area contributed by atoms with E-state index < -0.39 is 0 Å². The van der Waals surface area contributed by atoms with Crippen molar-refractivity contribution in [2.45, 2.75) is 33.1 Å². The van der Waals surface area contributed by atoms with E-state index in [0.29, 0.717) is 13.0 Å². The first-order valence-electron chi connectivity index (χ1n) is 7.55. The smallest absolute Gasteiger partial charge is 0.321 e. The van der Waals surface area contributed by atoms with Crippen LogP contribution in [0.5, 0.6) is 0 Å². The number of carbonyl (C=O) groups is 1. The van der Waals surface area contributed by atoms with Gasteiger partial charge in [-0.15, -0.1) is 0 Å².